The van der Waals surface area contributed by atoms with E-state index in [-0.39, 0.29) is 24.0 Å². The van der Waals surface area contributed by atoms with E-state index in [2.05, 4.69) is 27.4 Å². The fourth-order valence-corrected chi connectivity index (χ4v) is 1.70. The molecule has 0 aliphatic rings. The molecule has 2 N–H and O–H groups in total. The minimum Gasteiger partial charge on any atom is -0.356 e. The van der Waals surface area contributed by atoms with E-state index >= 15 is 0 Å². The third kappa shape index (κ3) is 5.22. The Morgan fingerprint density at radius 2 is 2.10 bits per heavy atom. The molecule has 0 aliphatic carbocycles. The van der Waals surface area contributed by atoms with Crippen LogP contribution in [0.15, 0.2) is 58.6 Å². The molecule has 2 aromatic rings. The summed E-state index contributed by atoms with van der Waals surface area (Å²) in [6.07, 6.45) is 1.77. The van der Waals surface area contributed by atoms with Gasteiger partial charge in [0.1, 0.15) is 5.69 Å². The fourth-order valence-electron chi connectivity index (χ4n) is 1.70. The Morgan fingerprint density at radius 1 is 1.33 bits per heavy atom. The monoisotopic (exact) mass is 398 g/mol. The molecule has 1 heterocycles. The normalized spacial score (nSPS) is 10.6. The Bertz CT molecular complexity index is 580. The lowest BCUT2D eigenvalue weighted by molar-refractivity contribution is 0.422. The predicted molar refractivity (Wildman–Crippen MR) is 95.8 cm³/mol. The quantitative estimate of drug-likeness (QED) is 0.352. The van der Waals surface area contributed by atoms with Gasteiger partial charge >= 0.3 is 0 Å². The summed E-state index contributed by atoms with van der Waals surface area (Å²) in [6.45, 7) is 4.86. The summed E-state index contributed by atoms with van der Waals surface area (Å²) in [5.74, 6) is 1.46. The van der Waals surface area contributed by atoms with Gasteiger partial charge < -0.3 is 15.2 Å². The van der Waals surface area contributed by atoms with E-state index in [0.29, 0.717) is 19.0 Å². The molecule has 0 spiro atoms. The van der Waals surface area contributed by atoms with Gasteiger partial charge in [-0.25, -0.2) is 0 Å². The highest BCUT2D eigenvalue weighted by Crippen LogP contribution is 2.19. The van der Waals surface area contributed by atoms with Crippen LogP contribution in [-0.4, -0.2) is 24.7 Å². The van der Waals surface area contributed by atoms with Crippen molar-refractivity contribution in [3.63, 3.8) is 0 Å². The second-order valence-corrected chi connectivity index (χ2v) is 4.14. The lowest BCUT2D eigenvalue weighted by Gasteiger charge is -2.08. The first kappa shape index (κ1) is 17.2. The van der Waals surface area contributed by atoms with Gasteiger partial charge in [-0.1, -0.05) is 41.6 Å². The average molecular weight is 398 g/mol. The number of hydrogen-bond donors (Lipinski definition) is 2. The van der Waals surface area contributed by atoms with Crippen LogP contribution in [0.25, 0.3) is 11.3 Å². The highest BCUT2D eigenvalue weighted by atomic mass is 127. The van der Waals surface area contributed by atoms with Gasteiger partial charge in [-0.05, 0) is 0 Å². The predicted octanol–water partition coefficient (Wildman–Crippen LogP) is 2.81. The Morgan fingerprint density at radius 3 is 2.76 bits per heavy atom. The molecule has 0 amide bonds. The van der Waals surface area contributed by atoms with Crippen molar-refractivity contribution in [3.8, 4) is 11.3 Å². The van der Waals surface area contributed by atoms with Gasteiger partial charge in [-0.15, -0.1) is 30.6 Å². The second kappa shape index (κ2) is 9.17. The summed E-state index contributed by atoms with van der Waals surface area (Å²) < 4.78 is 5.33. The zero-order valence-corrected chi connectivity index (χ0v) is 14.2. The van der Waals surface area contributed by atoms with Crippen LogP contribution in [0.3, 0.4) is 0 Å². The maximum Gasteiger partial charge on any atom is 0.191 e. The van der Waals surface area contributed by atoms with E-state index in [1.54, 1.807) is 13.1 Å². The SMILES string of the molecule is C=CCNC(=NC)NCc1cc(-c2ccccc2)on1.I. The van der Waals surface area contributed by atoms with Gasteiger partial charge in [-0.2, -0.15) is 0 Å². The van der Waals surface area contributed by atoms with Crippen LogP contribution in [0.2, 0.25) is 0 Å². The molecule has 5 nitrogen and oxygen atoms in total. The van der Waals surface area contributed by atoms with Crippen molar-refractivity contribution >= 4 is 29.9 Å². The molecule has 0 atom stereocenters. The number of nitrogens with zero attached hydrogens (tertiary/aromatic N) is 2. The first-order valence-corrected chi connectivity index (χ1v) is 6.40. The first-order valence-electron chi connectivity index (χ1n) is 6.40. The van der Waals surface area contributed by atoms with E-state index in [9.17, 15) is 0 Å². The van der Waals surface area contributed by atoms with Crippen molar-refractivity contribution in [1.29, 1.82) is 0 Å². The molecular formula is C15H19IN4O. The molecule has 1 aromatic carbocycles. The van der Waals surface area contributed by atoms with Crippen molar-refractivity contribution in [1.82, 2.24) is 15.8 Å². The van der Waals surface area contributed by atoms with E-state index < -0.39 is 0 Å². The Labute approximate surface area is 141 Å². The summed E-state index contributed by atoms with van der Waals surface area (Å²) in [6, 6.07) is 11.8. The smallest absolute Gasteiger partial charge is 0.191 e. The van der Waals surface area contributed by atoms with Crippen molar-refractivity contribution in [2.45, 2.75) is 6.54 Å². The number of hydrogen-bond acceptors (Lipinski definition) is 3. The van der Waals surface area contributed by atoms with Gasteiger partial charge in [0.05, 0.1) is 6.54 Å². The van der Waals surface area contributed by atoms with Gasteiger partial charge in [0, 0.05) is 25.2 Å². The molecule has 112 valence electrons. The number of guanidine groups is 1. The van der Waals surface area contributed by atoms with E-state index in [1.807, 2.05) is 36.4 Å². The molecule has 0 radical (unpaired) electrons. The maximum atomic E-state index is 5.33. The molecule has 1 aromatic heterocycles. The molecule has 2 rings (SSSR count). The number of aromatic nitrogens is 1. The number of nitrogens with one attached hydrogen (secondary N) is 2. The lowest BCUT2D eigenvalue weighted by Crippen LogP contribution is -2.36. The molecule has 0 unspecified atom stereocenters. The van der Waals surface area contributed by atoms with Gasteiger partial charge in [0.2, 0.25) is 0 Å². The molecule has 21 heavy (non-hydrogen) atoms. The number of benzene rings is 1. The van der Waals surface area contributed by atoms with Crippen molar-refractivity contribution in [2.24, 2.45) is 4.99 Å². The van der Waals surface area contributed by atoms with E-state index in [4.69, 9.17) is 4.52 Å². The summed E-state index contributed by atoms with van der Waals surface area (Å²) >= 11 is 0. The number of halogens is 1. The number of aliphatic imine (C=N–C) groups is 1. The number of rotatable bonds is 5. The van der Waals surface area contributed by atoms with Crippen LogP contribution in [-0.2, 0) is 6.54 Å². The van der Waals surface area contributed by atoms with Crippen molar-refractivity contribution < 1.29 is 4.52 Å². The highest BCUT2D eigenvalue weighted by molar-refractivity contribution is 14.0. The second-order valence-electron chi connectivity index (χ2n) is 4.14. The summed E-state index contributed by atoms with van der Waals surface area (Å²) in [7, 11) is 1.72. The Hall–Kier alpha value is -1.83. The van der Waals surface area contributed by atoms with Crippen LogP contribution in [0.4, 0.5) is 0 Å². The van der Waals surface area contributed by atoms with Crippen LogP contribution < -0.4 is 10.6 Å². The van der Waals surface area contributed by atoms with E-state index in [1.165, 1.54) is 0 Å². The summed E-state index contributed by atoms with van der Waals surface area (Å²) in [4.78, 5) is 4.09. The minimum absolute atomic E-state index is 0. The van der Waals surface area contributed by atoms with Crippen molar-refractivity contribution in [2.75, 3.05) is 13.6 Å². The Balaban J connectivity index is 0.00000220. The van der Waals surface area contributed by atoms with Gasteiger partial charge in [0.15, 0.2) is 11.7 Å². The largest absolute Gasteiger partial charge is 0.356 e. The average Bonchev–Trinajstić information content (AvgIpc) is 2.97. The lowest BCUT2D eigenvalue weighted by atomic mass is 10.2. The first-order chi connectivity index (χ1) is 9.83. The zero-order valence-electron chi connectivity index (χ0n) is 11.9. The van der Waals surface area contributed by atoms with Crippen LogP contribution >= 0.6 is 24.0 Å². The standard InChI is InChI=1S/C15H18N4O.HI/c1-3-9-17-15(16-2)18-11-13-10-14(20-19-13)12-7-5-4-6-8-12;/h3-8,10H,1,9,11H2,2H3,(H2,16,17,18);1H. The summed E-state index contributed by atoms with van der Waals surface area (Å²) in [5, 5.41) is 10.3. The molecular weight excluding hydrogens is 379 g/mol. The van der Waals surface area contributed by atoms with Crippen LogP contribution in [0, 0.1) is 0 Å². The highest BCUT2D eigenvalue weighted by Gasteiger charge is 2.06. The Kier molecular flexibility index (Phi) is 7.52. The summed E-state index contributed by atoms with van der Waals surface area (Å²) in [5.41, 5.74) is 1.84. The molecule has 0 saturated carbocycles. The molecule has 0 bridgehead atoms. The van der Waals surface area contributed by atoms with E-state index in [0.717, 1.165) is 17.0 Å². The molecule has 6 heteroatoms. The van der Waals surface area contributed by atoms with Gasteiger partial charge in [0.25, 0.3) is 0 Å². The third-order valence-corrected chi connectivity index (χ3v) is 2.69. The topological polar surface area (TPSA) is 62.5 Å². The maximum absolute atomic E-state index is 5.33. The van der Waals surface area contributed by atoms with Crippen LogP contribution in [0.5, 0.6) is 0 Å². The fraction of sp³-hybridized carbons (Fsp3) is 0.200. The van der Waals surface area contributed by atoms with Crippen LogP contribution in [0.1, 0.15) is 5.69 Å². The molecule has 0 saturated heterocycles. The van der Waals surface area contributed by atoms with Crippen molar-refractivity contribution in [3.05, 3.63) is 54.7 Å². The molecule has 0 aliphatic heterocycles. The zero-order chi connectivity index (χ0) is 14.2. The molecule has 0 fully saturated rings. The van der Waals surface area contributed by atoms with Gasteiger partial charge in [-0.3, -0.25) is 4.99 Å². The third-order valence-electron chi connectivity index (χ3n) is 2.69. The minimum atomic E-state index is 0.